The third-order valence-electron chi connectivity index (χ3n) is 2.61. The van der Waals surface area contributed by atoms with E-state index in [1.165, 1.54) is 10.9 Å². The third-order valence-corrected chi connectivity index (χ3v) is 4.91. The van der Waals surface area contributed by atoms with Crippen LogP contribution < -0.4 is 4.72 Å². The number of nitrogens with one attached hydrogen (secondary N) is 1. The standard InChI is InChI=1S/C10H17BrClN3O2S/c1-10(2,4-5-11)7-14-18(16,17)9-8(12)6-13-15(9)3/h6,14H,4-5,7H2,1-3H3. The minimum atomic E-state index is -3.63. The topological polar surface area (TPSA) is 64.0 Å². The summed E-state index contributed by atoms with van der Waals surface area (Å²) in [5.41, 5.74) is -0.123. The number of halogens is 2. The van der Waals surface area contributed by atoms with Gasteiger partial charge in [0.25, 0.3) is 10.0 Å². The van der Waals surface area contributed by atoms with E-state index >= 15 is 0 Å². The van der Waals surface area contributed by atoms with Gasteiger partial charge in [-0.2, -0.15) is 5.10 Å². The summed E-state index contributed by atoms with van der Waals surface area (Å²) in [5.74, 6) is 0. The maximum Gasteiger partial charge on any atom is 0.259 e. The van der Waals surface area contributed by atoms with E-state index in [4.69, 9.17) is 11.6 Å². The van der Waals surface area contributed by atoms with Crippen molar-refractivity contribution in [3.05, 3.63) is 11.2 Å². The van der Waals surface area contributed by atoms with Crippen molar-refractivity contribution < 1.29 is 8.42 Å². The average molecular weight is 359 g/mol. The lowest BCUT2D eigenvalue weighted by atomic mass is 9.91. The summed E-state index contributed by atoms with van der Waals surface area (Å²) in [4.78, 5) is 0. The minimum absolute atomic E-state index is 0.00110. The molecule has 1 rings (SSSR count). The fourth-order valence-electron chi connectivity index (χ4n) is 1.40. The molecule has 0 aliphatic heterocycles. The third kappa shape index (κ3) is 3.94. The van der Waals surface area contributed by atoms with Crippen LogP contribution in [0.25, 0.3) is 0 Å². The number of nitrogens with zero attached hydrogens (tertiary/aromatic N) is 2. The second-order valence-corrected chi connectivity index (χ2v) is 7.73. The molecule has 1 N–H and O–H groups in total. The quantitative estimate of drug-likeness (QED) is 0.793. The molecule has 0 atom stereocenters. The van der Waals surface area contributed by atoms with E-state index in [2.05, 4.69) is 25.8 Å². The van der Waals surface area contributed by atoms with Crippen molar-refractivity contribution >= 4 is 37.6 Å². The highest BCUT2D eigenvalue weighted by atomic mass is 79.9. The van der Waals surface area contributed by atoms with Gasteiger partial charge < -0.3 is 0 Å². The molecule has 104 valence electrons. The molecule has 0 radical (unpaired) electrons. The van der Waals surface area contributed by atoms with Crippen LogP contribution >= 0.6 is 27.5 Å². The first-order valence-corrected chi connectivity index (χ1v) is 8.41. The van der Waals surface area contributed by atoms with Gasteiger partial charge >= 0.3 is 0 Å². The Bertz CT molecular complexity index is 494. The van der Waals surface area contributed by atoms with Crippen LogP contribution in [0.3, 0.4) is 0 Å². The van der Waals surface area contributed by atoms with Gasteiger partial charge in [0.2, 0.25) is 0 Å². The van der Waals surface area contributed by atoms with Gasteiger partial charge in [0.05, 0.1) is 11.2 Å². The Kier molecular flexibility index (Phi) is 5.22. The molecular formula is C10H17BrClN3O2S. The van der Waals surface area contributed by atoms with Gasteiger partial charge in [0.1, 0.15) is 0 Å². The summed E-state index contributed by atoms with van der Waals surface area (Å²) >= 11 is 9.19. The van der Waals surface area contributed by atoms with E-state index in [0.29, 0.717) is 6.54 Å². The van der Waals surface area contributed by atoms with Crippen LogP contribution in [0.5, 0.6) is 0 Å². The van der Waals surface area contributed by atoms with Crippen molar-refractivity contribution in [3.63, 3.8) is 0 Å². The minimum Gasteiger partial charge on any atom is -0.255 e. The molecule has 18 heavy (non-hydrogen) atoms. The lowest BCUT2D eigenvalue weighted by Gasteiger charge is -2.23. The van der Waals surface area contributed by atoms with Crippen LogP contribution in [-0.4, -0.2) is 30.1 Å². The zero-order valence-electron chi connectivity index (χ0n) is 10.6. The first kappa shape index (κ1) is 15.9. The van der Waals surface area contributed by atoms with Crippen LogP contribution in [0.2, 0.25) is 5.02 Å². The second-order valence-electron chi connectivity index (χ2n) is 4.85. The van der Waals surface area contributed by atoms with Crippen LogP contribution in [0.4, 0.5) is 0 Å². The predicted molar refractivity (Wildman–Crippen MR) is 75.6 cm³/mol. The molecule has 0 unspecified atom stereocenters. The summed E-state index contributed by atoms with van der Waals surface area (Å²) in [5, 5.41) is 4.78. The Morgan fingerprint density at radius 2 is 2.17 bits per heavy atom. The highest BCUT2D eigenvalue weighted by Gasteiger charge is 2.26. The van der Waals surface area contributed by atoms with Crippen LogP contribution in [0.15, 0.2) is 11.2 Å². The summed E-state index contributed by atoms with van der Waals surface area (Å²) in [6, 6.07) is 0. The average Bonchev–Trinajstić information content (AvgIpc) is 2.56. The lowest BCUT2D eigenvalue weighted by molar-refractivity contribution is 0.353. The Hall–Kier alpha value is -0.110. The molecule has 0 saturated carbocycles. The molecule has 0 bridgehead atoms. The Labute approximate surface area is 121 Å². The fourth-order valence-corrected chi connectivity index (χ4v) is 4.37. The van der Waals surface area contributed by atoms with Gasteiger partial charge in [-0.1, -0.05) is 41.4 Å². The smallest absolute Gasteiger partial charge is 0.255 e. The summed E-state index contributed by atoms with van der Waals surface area (Å²) in [7, 11) is -2.08. The summed E-state index contributed by atoms with van der Waals surface area (Å²) in [6.45, 7) is 4.35. The van der Waals surface area contributed by atoms with Crippen molar-refractivity contribution in [1.29, 1.82) is 0 Å². The number of hydrogen-bond donors (Lipinski definition) is 1. The number of aromatic nitrogens is 2. The highest BCUT2D eigenvalue weighted by Crippen LogP contribution is 2.23. The number of alkyl halides is 1. The lowest BCUT2D eigenvalue weighted by Crippen LogP contribution is -2.35. The molecule has 0 aromatic carbocycles. The van der Waals surface area contributed by atoms with Gasteiger partial charge in [0.15, 0.2) is 5.03 Å². The maximum absolute atomic E-state index is 12.1. The molecule has 1 aromatic heterocycles. The van der Waals surface area contributed by atoms with E-state index < -0.39 is 10.0 Å². The van der Waals surface area contributed by atoms with Crippen molar-refractivity contribution in [3.8, 4) is 0 Å². The molecule has 0 saturated heterocycles. The van der Waals surface area contributed by atoms with Crippen molar-refractivity contribution in [1.82, 2.24) is 14.5 Å². The van der Waals surface area contributed by atoms with Crippen molar-refractivity contribution in [2.24, 2.45) is 12.5 Å². The number of sulfonamides is 1. The van der Waals surface area contributed by atoms with E-state index in [-0.39, 0.29) is 15.5 Å². The summed E-state index contributed by atoms with van der Waals surface area (Å²) in [6.07, 6.45) is 2.19. The molecule has 1 aromatic rings. The molecule has 8 heteroatoms. The molecule has 0 fully saturated rings. The molecule has 0 aliphatic carbocycles. The SMILES string of the molecule is Cn1ncc(Cl)c1S(=O)(=O)NCC(C)(C)CCBr. The van der Waals surface area contributed by atoms with E-state index in [1.54, 1.807) is 7.05 Å². The molecule has 0 amide bonds. The maximum atomic E-state index is 12.1. The molecule has 5 nitrogen and oxygen atoms in total. The van der Waals surface area contributed by atoms with E-state index in [1.807, 2.05) is 13.8 Å². The zero-order valence-corrected chi connectivity index (χ0v) is 13.7. The summed E-state index contributed by atoms with van der Waals surface area (Å²) < 4.78 is 28.1. The largest absolute Gasteiger partial charge is 0.259 e. The van der Waals surface area contributed by atoms with Crippen LogP contribution in [0.1, 0.15) is 20.3 Å². The first-order chi connectivity index (χ1) is 8.19. The predicted octanol–water partition coefficient (Wildman–Crippen LogP) is 2.16. The Morgan fingerprint density at radius 3 is 2.61 bits per heavy atom. The molecule has 0 aliphatic rings. The van der Waals surface area contributed by atoms with Crippen LogP contribution in [-0.2, 0) is 17.1 Å². The zero-order chi connectivity index (χ0) is 14.0. The van der Waals surface area contributed by atoms with Gasteiger partial charge in [-0.3, -0.25) is 4.68 Å². The van der Waals surface area contributed by atoms with Gasteiger partial charge in [-0.05, 0) is 11.8 Å². The van der Waals surface area contributed by atoms with Crippen LogP contribution in [0, 0.1) is 5.41 Å². The van der Waals surface area contributed by atoms with Crippen molar-refractivity contribution in [2.75, 3.05) is 11.9 Å². The molecule has 1 heterocycles. The highest BCUT2D eigenvalue weighted by molar-refractivity contribution is 9.09. The first-order valence-electron chi connectivity index (χ1n) is 5.43. The number of aryl methyl sites for hydroxylation is 1. The molecular weight excluding hydrogens is 342 g/mol. The second kappa shape index (κ2) is 5.90. The van der Waals surface area contributed by atoms with E-state index in [0.717, 1.165) is 11.8 Å². The monoisotopic (exact) mass is 357 g/mol. The molecule has 0 spiro atoms. The Balaban J connectivity index is 2.84. The van der Waals surface area contributed by atoms with Gasteiger partial charge in [-0.15, -0.1) is 0 Å². The van der Waals surface area contributed by atoms with Gasteiger partial charge in [0, 0.05) is 18.9 Å². The normalized spacial score (nSPS) is 12.9. The van der Waals surface area contributed by atoms with E-state index in [9.17, 15) is 8.42 Å². The fraction of sp³-hybridized carbons (Fsp3) is 0.700. The Morgan fingerprint density at radius 1 is 1.56 bits per heavy atom. The van der Waals surface area contributed by atoms with Crippen molar-refractivity contribution in [2.45, 2.75) is 25.3 Å². The van der Waals surface area contributed by atoms with Gasteiger partial charge in [-0.25, -0.2) is 13.1 Å². The number of rotatable bonds is 6. The number of hydrogen-bond acceptors (Lipinski definition) is 3.